The third-order valence-electron chi connectivity index (χ3n) is 0.827. The summed E-state index contributed by atoms with van der Waals surface area (Å²) in [7, 11) is 0. The second-order valence-electron chi connectivity index (χ2n) is 1.48. The summed E-state index contributed by atoms with van der Waals surface area (Å²) in [4.78, 5) is 20.6. The minimum absolute atomic E-state index is 0.248. The predicted octanol–water partition coefficient (Wildman–Crippen LogP) is 0.373. The Hall–Kier alpha value is -0.510. The summed E-state index contributed by atoms with van der Waals surface area (Å²) in [6.07, 6.45) is 0. The van der Waals surface area contributed by atoms with Gasteiger partial charge in [-0.25, -0.2) is 0 Å². The summed E-state index contributed by atoms with van der Waals surface area (Å²) in [5.74, 6) is -0.306. The molecule has 1 aliphatic heterocycles. The molecule has 0 aromatic carbocycles. The molecule has 0 aromatic heterocycles. The number of hydrogen-bond donors (Lipinski definition) is 0. The van der Waals surface area contributed by atoms with E-state index in [1.54, 1.807) is 6.92 Å². The van der Waals surface area contributed by atoms with Crippen molar-refractivity contribution in [3.8, 4) is 0 Å². The first-order chi connectivity index (χ1) is 3.70. The van der Waals surface area contributed by atoms with Crippen molar-refractivity contribution >= 4 is 22.9 Å². The standard InChI is InChI=1S/C4H4NO2S/c1-2-3(6)5-4(7)8-2/h2H,1H3. The largest absolute Gasteiger partial charge is 0.308 e. The first kappa shape index (κ1) is 5.62. The first-order valence-electron chi connectivity index (χ1n) is 2.16. The van der Waals surface area contributed by atoms with Crippen LogP contribution in [-0.2, 0) is 4.79 Å². The lowest BCUT2D eigenvalue weighted by Gasteiger charge is -1.85. The number of carbonyl (C=O) groups excluding carboxylic acids is 2. The van der Waals surface area contributed by atoms with Gasteiger partial charge in [-0.1, -0.05) is 0 Å². The van der Waals surface area contributed by atoms with Gasteiger partial charge in [-0.05, 0) is 18.7 Å². The Morgan fingerprint density at radius 1 is 1.62 bits per heavy atom. The van der Waals surface area contributed by atoms with Crippen molar-refractivity contribution in [1.82, 2.24) is 5.32 Å². The zero-order valence-corrected chi connectivity index (χ0v) is 5.07. The van der Waals surface area contributed by atoms with E-state index in [1.807, 2.05) is 0 Å². The van der Waals surface area contributed by atoms with Crippen LogP contribution >= 0.6 is 11.8 Å². The van der Waals surface area contributed by atoms with Crippen LogP contribution in [0.3, 0.4) is 0 Å². The Morgan fingerprint density at radius 3 is 2.38 bits per heavy atom. The van der Waals surface area contributed by atoms with E-state index in [1.165, 1.54) is 0 Å². The van der Waals surface area contributed by atoms with Gasteiger partial charge < -0.3 is 0 Å². The molecule has 8 heavy (non-hydrogen) atoms. The molecule has 1 rings (SSSR count). The zero-order chi connectivity index (χ0) is 6.15. The number of imide groups is 1. The zero-order valence-electron chi connectivity index (χ0n) is 4.25. The molecule has 2 amide bonds. The van der Waals surface area contributed by atoms with Crippen molar-refractivity contribution in [2.24, 2.45) is 0 Å². The van der Waals surface area contributed by atoms with Gasteiger partial charge in [-0.15, -0.1) is 0 Å². The number of amides is 2. The van der Waals surface area contributed by atoms with Gasteiger partial charge >= 0.3 is 5.24 Å². The molecule has 1 saturated heterocycles. The van der Waals surface area contributed by atoms with Crippen LogP contribution in [0.5, 0.6) is 0 Å². The predicted molar refractivity (Wildman–Crippen MR) is 29.6 cm³/mol. The molecule has 4 heteroatoms. The molecule has 1 atom stereocenters. The summed E-state index contributed by atoms with van der Waals surface area (Å²) in [5, 5.41) is 2.55. The van der Waals surface area contributed by atoms with Gasteiger partial charge in [-0.2, -0.15) is 5.32 Å². The van der Waals surface area contributed by atoms with E-state index >= 15 is 0 Å². The summed E-state index contributed by atoms with van der Waals surface area (Å²) in [6, 6.07) is 0. The first-order valence-corrected chi connectivity index (χ1v) is 3.04. The molecule has 43 valence electrons. The highest BCUT2D eigenvalue weighted by molar-refractivity contribution is 8.15. The van der Waals surface area contributed by atoms with Crippen LogP contribution < -0.4 is 5.32 Å². The van der Waals surface area contributed by atoms with Crippen LogP contribution in [0.25, 0.3) is 0 Å². The number of thioether (sulfide) groups is 1. The highest BCUT2D eigenvalue weighted by Crippen LogP contribution is 2.18. The van der Waals surface area contributed by atoms with E-state index in [9.17, 15) is 9.59 Å². The van der Waals surface area contributed by atoms with Crippen LogP contribution in [0.4, 0.5) is 4.79 Å². The fraction of sp³-hybridized carbons (Fsp3) is 0.500. The van der Waals surface area contributed by atoms with Gasteiger partial charge in [0.15, 0.2) is 0 Å². The molecule has 1 radical (unpaired) electrons. The fourth-order valence-electron chi connectivity index (χ4n) is 0.409. The molecule has 0 bridgehead atoms. The number of hydrogen-bond acceptors (Lipinski definition) is 3. The van der Waals surface area contributed by atoms with Gasteiger partial charge in [0.1, 0.15) is 0 Å². The quantitative estimate of drug-likeness (QED) is 0.476. The van der Waals surface area contributed by atoms with Crippen LogP contribution in [0, 0.1) is 0 Å². The van der Waals surface area contributed by atoms with Crippen LogP contribution in [-0.4, -0.2) is 16.4 Å². The van der Waals surface area contributed by atoms with Crippen molar-refractivity contribution in [2.75, 3.05) is 0 Å². The third-order valence-corrected chi connectivity index (χ3v) is 1.67. The Kier molecular flexibility index (Phi) is 1.25. The van der Waals surface area contributed by atoms with Gasteiger partial charge in [0.25, 0.3) is 5.91 Å². The van der Waals surface area contributed by atoms with Crippen molar-refractivity contribution < 1.29 is 9.59 Å². The van der Waals surface area contributed by atoms with Gasteiger partial charge in [0.2, 0.25) is 0 Å². The maximum absolute atomic E-state index is 10.4. The molecule has 0 N–H and O–H groups in total. The topological polar surface area (TPSA) is 48.2 Å². The van der Waals surface area contributed by atoms with E-state index < -0.39 is 0 Å². The Balaban J connectivity index is 2.64. The fourth-order valence-corrected chi connectivity index (χ4v) is 1.01. The van der Waals surface area contributed by atoms with Crippen molar-refractivity contribution in [3.63, 3.8) is 0 Å². The average Bonchev–Trinajstić information content (AvgIpc) is 1.85. The van der Waals surface area contributed by atoms with Crippen LogP contribution in [0.1, 0.15) is 6.92 Å². The van der Waals surface area contributed by atoms with Crippen LogP contribution in [0.2, 0.25) is 0 Å². The maximum Gasteiger partial charge on any atom is 0.308 e. The van der Waals surface area contributed by atoms with E-state index in [4.69, 9.17) is 0 Å². The smallest absolute Gasteiger partial charge is 0.271 e. The molecule has 1 heterocycles. The normalized spacial score (nSPS) is 28.4. The Bertz CT molecular complexity index is 145. The van der Waals surface area contributed by atoms with E-state index in [2.05, 4.69) is 5.32 Å². The molecule has 1 unspecified atom stereocenters. The minimum atomic E-state index is -0.359. The highest BCUT2D eigenvalue weighted by atomic mass is 32.2. The summed E-state index contributed by atoms with van der Waals surface area (Å²) in [5.41, 5.74) is 0. The Labute approximate surface area is 50.8 Å². The number of carbonyl (C=O) groups is 2. The van der Waals surface area contributed by atoms with Crippen LogP contribution in [0.15, 0.2) is 0 Å². The number of nitrogens with zero attached hydrogens (tertiary/aromatic N) is 1. The second-order valence-corrected chi connectivity index (χ2v) is 2.77. The molecular weight excluding hydrogens is 126 g/mol. The van der Waals surface area contributed by atoms with Crippen molar-refractivity contribution in [2.45, 2.75) is 12.2 Å². The van der Waals surface area contributed by atoms with E-state index in [0.717, 1.165) is 11.8 Å². The van der Waals surface area contributed by atoms with Crippen molar-refractivity contribution in [3.05, 3.63) is 0 Å². The summed E-state index contributed by atoms with van der Waals surface area (Å²) in [6.45, 7) is 1.67. The molecule has 0 aromatic rings. The van der Waals surface area contributed by atoms with E-state index in [-0.39, 0.29) is 16.4 Å². The van der Waals surface area contributed by atoms with Gasteiger partial charge in [-0.3, -0.25) is 9.59 Å². The monoisotopic (exact) mass is 130 g/mol. The summed E-state index contributed by atoms with van der Waals surface area (Å²) < 4.78 is 0. The Morgan fingerprint density at radius 2 is 2.25 bits per heavy atom. The third kappa shape index (κ3) is 0.838. The SMILES string of the molecule is CC1SC(=O)[N]C1=O. The lowest BCUT2D eigenvalue weighted by atomic mass is 10.5. The molecule has 1 fully saturated rings. The van der Waals surface area contributed by atoms with E-state index in [0.29, 0.717) is 0 Å². The molecular formula is C4H4NO2S. The van der Waals surface area contributed by atoms with Crippen molar-refractivity contribution in [1.29, 1.82) is 0 Å². The second kappa shape index (κ2) is 1.78. The molecule has 3 nitrogen and oxygen atoms in total. The number of rotatable bonds is 0. The highest BCUT2D eigenvalue weighted by Gasteiger charge is 2.29. The molecule has 0 saturated carbocycles. The van der Waals surface area contributed by atoms with Gasteiger partial charge in [0, 0.05) is 0 Å². The lowest BCUT2D eigenvalue weighted by Crippen LogP contribution is -2.14. The lowest BCUT2D eigenvalue weighted by molar-refractivity contribution is -0.118. The molecule has 0 aliphatic carbocycles. The average molecular weight is 130 g/mol. The minimum Gasteiger partial charge on any atom is -0.271 e. The maximum atomic E-state index is 10.4. The molecule has 1 aliphatic rings. The summed E-state index contributed by atoms with van der Waals surface area (Å²) >= 11 is 0.973. The molecule has 0 spiro atoms. The van der Waals surface area contributed by atoms with Gasteiger partial charge in [0.05, 0.1) is 5.25 Å².